The molecule has 1 aliphatic rings. The second-order valence-electron chi connectivity index (χ2n) is 4.07. The number of carbonyl (C=O) groups excluding carboxylic acids is 1. The third-order valence-corrected chi connectivity index (χ3v) is 3.98. The van der Waals surface area contributed by atoms with Gasteiger partial charge in [0, 0.05) is 0 Å². The fraction of sp³-hybridized carbons (Fsp3) is 0.583. The fourth-order valence-corrected chi connectivity index (χ4v) is 2.87. The first-order valence-corrected chi connectivity index (χ1v) is 7.24. The molecule has 100 valence electrons. The fourth-order valence-electron chi connectivity index (χ4n) is 1.61. The molecule has 0 aromatic heterocycles. The normalized spacial score (nSPS) is 17.8. The zero-order chi connectivity index (χ0) is 13.5. The average Bonchev–Trinajstić information content (AvgIpc) is 2.56. The van der Waals surface area contributed by atoms with Crippen molar-refractivity contribution in [3.05, 3.63) is 11.0 Å². The molecule has 1 rings (SSSR count). The average molecular weight is 287 g/mol. The van der Waals surface area contributed by atoms with Crippen LogP contribution in [0.2, 0.25) is 0 Å². The van der Waals surface area contributed by atoms with Gasteiger partial charge in [-0.05, 0) is 12.8 Å². The van der Waals surface area contributed by atoms with Crippen LogP contribution in [0.15, 0.2) is 11.0 Å². The van der Waals surface area contributed by atoms with Crippen LogP contribution >= 0.6 is 24.0 Å². The molecule has 0 aliphatic carbocycles. The monoisotopic (exact) mass is 287 g/mol. The Morgan fingerprint density at radius 3 is 2.78 bits per heavy atom. The Morgan fingerprint density at radius 1 is 1.44 bits per heavy atom. The van der Waals surface area contributed by atoms with Crippen LogP contribution in [0.1, 0.15) is 39.0 Å². The van der Waals surface area contributed by atoms with Gasteiger partial charge >= 0.3 is 5.97 Å². The van der Waals surface area contributed by atoms with Crippen LogP contribution in [-0.4, -0.2) is 32.7 Å². The first kappa shape index (κ1) is 15.2. The van der Waals surface area contributed by atoms with Crippen molar-refractivity contribution in [3.8, 4) is 0 Å². The summed E-state index contributed by atoms with van der Waals surface area (Å²) < 4.78 is 0.335. The van der Waals surface area contributed by atoms with E-state index in [-0.39, 0.29) is 12.5 Å². The molecule has 0 saturated carbocycles. The van der Waals surface area contributed by atoms with Crippen LogP contribution in [-0.2, 0) is 9.59 Å². The van der Waals surface area contributed by atoms with E-state index in [0.29, 0.717) is 9.23 Å². The largest absolute Gasteiger partial charge is 0.480 e. The van der Waals surface area contributed by atoms with Crippen LogP contribution in [0.3, 0.4) is 0 Å². The van der Waals surface area contributed by atoms with Crippen LogP contribution in [0, 0.1) is 0 Å². The highest BCUT2D eigenvalue weighted by molar-refractivity contribution is 8.26. The Morgan fingerprint density at radius 2 is 2.17 bits per heavy atom. The number of rotatable bonds is 7. The molecule has 0 radical (unpaired) electrons. The van der Waals surface area contributed by atoms with Crippen molar-refractivity contribution in [2.75, 3.05) is 6.54 Å². The zero-order valence-corrected chi connectivity index (χ0v) is 12.0. The van der Waals surface area contributed by atoms with Gasteiger partial charge in [0.25, 0.3) is 5.91 Å². The molecule has 1 N–H and O–H groups in total. The van der Waals surface area contributed by atoms with Gasteiger partial charge in [0.05, 0.1) is 4.91 Å². The predicted molar refractivity (Wildman–Crippen MR) is 76.4 cm³/mol. The van der Waals surface area contributed by atoms with Crippen LogP contribution in [0.5, 0.6) is 0 Å². The third kappa shape index (κ3) is 4.42. The standard InChI is InChI=1S/C12H17NO3S2/c1-2-3-4-5-6-7-9-11(16)13(8-10(14)15)12(17)18-9/h7H,2-6,8H2,1H3,(H,14,15)/b9-7-. The van der Waals surface area contributed by atoms with Crippen molar-refractivity contribution < 1.29 is 14.7 Å². The minimum atomic E-state index is -1.05. The summed E-state index contributed by atoms with van der Waals surface area (Å²) in [6, 6.07) is 0. The molecule has 0 aromatic carbocycles. The first-order valence-electron chi connectivity index (χ1n) is 6.02. The van der Waals surface area contributed by atoms with E-state index in [1.54, 1.807) is 0 Å². The van der Waals surface area contributed by atoms with E-state index in [1.807, 2.05) is 6.08 Å². The lowest BCUT2D eigenvalue weighted by Gasteiger charge is -2.10. The number of thioether (sulfide) groups is 1. The van der Waals surface area contributed by atoms with Crippen LogP contribution < -0.4 is 0 Å². The van der Waals surface area contributed by atoms with Crippen molar-refractivity contribution in [3.63, 3.8) is 0 Å². The Bertz CT molecular complexity index is 380. The molecule has 1 amide bonds. The minimum absolute atomic E-state index is 0.275. The molecule has 1 fully saturated rings. The molecular formula is C12H17NO3S2. The van der Waals surface area contributed by atoms with E-state index < -0.39 is 5.97 Å². The topological polar surface area (TPSA) is 57.6 Å². The Balaban J connectivity index is 2.49. The smallest absolute Gasteiger partial charge is 0.323 e. The van der Waals surface area contributed by atoms with Gasteiger partial charge in [0.15, 0.2) is 0 Å². The van der Waals surface area contributed by atoms with Crippen molar-refractivity contribution in [2.45, 2.75) is 39.0 Å². The molecule has 1 heterocycles. The van der Waals surface area contributed by atoms with Gasteiger partial charge in [-0.1, -0.05) is 56.2 Å². The number of nitrogens with zero attached hydrogens (tertiary/aromatic N) is 1. The molecule has 18 heavy (non-hydrogen) atoms. The minimum Gasteiger partial charge on any atom is -0.480 e. The molecule has 1 saturated heterocycles. The van der Waals surface area contributed by atoms with Gasteiger partial charge in [-0.25, -0.2) is 0 Å². The molecule has 4 nitrogen and oxygen atoms in total. The second kappa shape index (κ2) is 7.53. The lowest BCUT2D eigenvalue weighted by Crippen LogP contribution is -2.33. The molecule has 0 spiro atoms. The first-order chi connectivity index (χ1) is 8.56. The number of hydrogen-bond donors (Lipinski definition) is 1. The molecular weight excluding hydrogens is 270 g/mol. The number of carboxylic acids is 1. The summed E-state index contributed by atoms with van der Waals surface area (Å²) in [6.07, 6.45) is 7.31. The highest BCUT2D eigenvalue weighted by Crippen LogP contribution is 2.31. The SMILES string of the molecule is CCCCCC/C=C1\SC(=S)N(CC(=O)O)C1=O. The lowest BCUT2D eigenvalue weighted by atomic mass is 10.1. The molecule has 1 aliphatic heterocycles. The second-order valence-corrected chi connectivity index (χ2v) is 5.75. The maximum Gasteiger partial charge on any atom is 0.323 e. The molecule has 0 unspecified atom stereocenters. The number of amides is 1. The number of thiocarbonyl (C=S) groups is 1. The van der Waals surface area contributed by atoms with Gasteiger partial charge in [0.2, 0.25) is 0 Å². The van der Waals surface area contributed by atoms with E-state index >= 15 is 0 Å². The number of hydrogen-bond acceptors (Lipinski definition) is 4. The highest BCUT2D eigenvalue weighted by Gasteiger charge is 2.32. The maximum atomic E-state index is 11.9. The third-order valence-electron chi connectivity index (χ3n) is 2.55. The molecule has 0 bridgehead atoms. The maximum absolute atomic E-state index is 11.9. The lowest BCUT2D eigenvalue weighted by molar-refractivity contribution is -0.140. The summed E-state index contributed by atoms with van der Waals surface area (Å²) in [5.41, 5.74) is 0. The number of aliphatic carboxylic acids is 1. The summed E-state index contributed by atoms with van der Waals surface area (Å²) in [5.74, 6) is -1.32. The Labute approximate surface area is 116 Å². The molecule has 0 atom stereocenters. The number of allylic oxidation sites excluding steroid dienone is 1. The summed E-state index contributed by atoms with van der Waals surface area (Å²) in [4.78, 5) is 24.2. The summed E-state index contributed by atoms with van der Waals surface area (Å²) in [6.45, 7) is 1.80. The van der Waals surface area contributed by atoms with Crippen molar-refractivity contribution in [1.29, 1.82) is 0 Å². The van der Waals surface area contributed by atoms with E-state index in [4.69, 9.17) is 17.3 Å². The van der Waals surface area contributed by atoms with E-state index in [1.165, 1.54) is 24.6 Å². The van der Waals surface area contributed by atoms with Gasteiger partial charge in [-0.3, -0.25) is 14.5 Å². The van der Waals surface area contributed by atoms with Crippen molar-refractivity contribution >= 4 is 40.2 Å². The number of unbranched alkanes of at least 4 members (excludes halogenated alkanes) is 4. The van der Waals surface area contributed by atoms with E-state index in [9.17, 15) is 9.59 Å². The number of carboxylic acid groups (broad SMARTS) is 1. The van der Waals surface area contributed by atoms with Gasteiger partial charge in [-0.2, -0.15) is 0 Å². The highest BCUT2D eigenvalue weighted by atomic mass is 32.2. The van der Waals surface area contributed by atoms with Crippen molar-refractivity contribution in [1.82, 2.24) is 4.90 Å². The van der Waals surface area contributed by atoms with Crippen LogP contribution in [0.25, 0.3) is 0 Å². The Hall–Kier alpha value is -0.880. The van der Waals surface area contributed by atoms with Gasteiger partial charge < -0.3 is 5.11 Å². The summed E-state index contributed by atoms with van der Waals surface area (Å²) in [7, 11) is 0. The predicted octanol–water partition coefficient (Wildman–Crippen LogP) is 2.79. The summed E-state index contributed by atoms with van der Waals surface area (Å²) in [5, 5.41) is 8.69. The number of carbonyl (C=O) groups is 2. The quantitative estimate of drug-likeness (QED) is 0.443. The molecule has 0 aromatic rings. The molecule has 6 heteroatoms. The summed E-state index contributed by atoms with van der Waals surface area (Å²) >= 11 is 6.19. The zero-order valence-electron chi connectivity index (χ0n) is 10.3. The van der Waals surface area contributed by atoms with E-state index in [2.05, 4.69) is 6.92 Å². The van der Waals surface area contributed by atoms with Gasteiger partial charge in [0.1, 0.15) is 10.9 Å². The van der Waals surface area contributed by atoms with E-state index in [0.717, 1.165) is 24.2 Å². The van der Waals surface area contributed by atoms with Crippen LogP contribution in [0.4, 0.5) is 0 Å². The van der Waals surface area contributed by atoms with Crippen molar-refractivity contribution in [2.24, 2.45) is 0 Å². The Kier molecular flexibility index (Phi) is 6.35. The van der Waals surface area contributed by atoms with Gasteiger partial charge in [-0.15, -0.1) is 0 Å².